The topological polar surface area (TPSA) is 52.6 Å². The van der Waals surface area contributed by atoms with Crippen molar-refractivity contribution >= 4 is 11.6 Å². The molecule has 4 nitrogen and oxygen atoms in total. The van der Waals surface area contributed by atoms with Gasteiger partial charge in [-0.15, -0.1) is 0 Å². The standard InChI is InChI=1S/C12H13FO4/c1-7(14)11(13)12(15)9-6-8(16-2)4-5-10(9)17-3/h4-6,11H,1-3H3. The summed E-state index contributed by atoms with van der Waals surface area (Å²) in [6.07, 6.45) is -2.17. The van der Waals surface area contributed by atoms with Gasteiger partial charge in [0.05, 0.1) is 19.8 Å². The van der Waals surface area contributed by atoms with E-state index < -0.39 is 17.7 Å². The molecule has 0 aromatic heterocycles. The van der Waals surface area contributed by atoms with Gasteiger partial charge in [0.1, 0.15) is 11.5 Å². The van der Waals surface area contributed by atoms with Crippen molar-refractivity contribution in [3.8, 4) is 11.5 Å². The van der Waals surface area contributed by atoms with Crippen molar-refractivity contribution in [2.24, 2.45) is 0 Å². The summed E-state index contributed by atoms with van der Waals surface area (Å²) < 4.78 is 23.2. The number of carbonyl (C=O) groups is 2. The maximum atomic E-state index is 13.4. The van der Waals surface area contributed by atoms with Crippen LogP contribution in [0.5, 0.6) is 11.5 Å². The maximum Gasteiger partial charge on any atom is 0.220 e. The Morgan fingerprint density at radius 1 is 1.24 bits per heavy atom. The fourth-order valence-electron chi connectivity index (χ4n) is 1.33. The van der Waals surface area contributed by atoms with E-state index in [2.05, 4.69) is 0 Å². The zero-order valence-electron chi connectivity index (χ0n) is 9.82. The second-order valence-corrected chi connectivity index (χ2v) is 3.40. The van der Waals surface area contributed by atoms with E-state index in [-0.39, 0.29) is 11.3 Å². The number of ketones is 2. The minimum absolute atomic E-state index is 0.00505. The van der Waals surface area contributed by atoms with Crippen LogP contribution < -0.4 is 9.47 Å². The van der Waals surface area contributed by atoms with Crippen LogP contribution in [-0.4, -0.2) is 32.0 Å². The molecular formula is C12H13FO4. The lowest BCUT2D eigenvalue weighted by Gasteiger charge is -2.10. The van der Waals surface area contributed by atoms with Gasteiger partial charge in [0.25, 0.3) is 0 Å². The Hall–Kier alpha value is -1.91. The molecule has 17 heavy (non-hydrogen) atoms. The minimum Gasteiger partial charge on any atom is -0.497 e. The number of benzene rings is 1. The summed E-state index contributed by atoms with van der Waals surface area (Å²) >= 11 is 0. The zero-order valence-corrected chi connectivity index (χ0v) is 9.82. The fraction of sp³-hybridized carbons (Fsp3) is 0.333. The molecule has 0 saturated carbocycles. The summed E-state index contributed by atoms with van der Waals surface area (Å²) in [5.41, 5.74) is -0.00505. The number of alkyl halides is 1. The van der Waals surface area contributed by atoms with E-state index in [4.69, 9.17) is 9.47 Å². The van der Waals surface area contributed by atoms with Crippen LogP contribution in [0.4, 0.5) is 4.39 Å². The molecule has 1 atom stereocenters. The highest BCUT2D eigenvalue weighted by Gasteiger charge is 2.26. The van der Waals surface area contributed by atoms with Gasteiger partial charge in [0.2, 0.25) is 12.0 Å². The van der Waals surface area contributed by atoms with Crippen LogP contribution in [0, 0.1) is 0 Å². The van der Waals surface area contributed by atoms with Gasteiger partial charge in [-0.1, -0.05) is 0 Å². The van der Waals surface area contributed by atoms with Crippen LogP contribution in [0.2, 0.25) is 0 Å². The largest absolute Gasteiger partial charge is 0.497 e. The highest BCUT2D eigenvalue weighted by Crippen LogP contribution is 2.25. The average Bonchev–Trinajstić information content (AvgIpc) is 2.35. The summed E-state index contributed by atoms with van der Waals surface area (Å²) in [6, 6.07) is 4.41. The molecule has 0 saturated heterocycles. The number of hydrogen-bond acceptors (Lipinski definition) is 4. The third-order valence-electron chi connectivity index (χ3n) is 2.26. The van der Waals surface area contributed by atoms with Gasteiger partial charge < -0.3 is 9.47 Å². The first kappa shape index (κ1) is 13.2. The minimum atomic E-state index is -2.17. The molecule has 0 aliphatic rings. The first-order valence-corrected chi connectivity index (χ1v) is 4.92. The summed E-state index contributed by atoms with van der Waals surface area (Å²) in [5, 5.41) is 0. The van der Waals surface area contributed by atoms with Gasteiger partial charge in [0, 0.05) is 0 Å². The Labute approximate surface area is 98.3 Å². The van der Waals surface area contributed by atoms with E-state index in [0.717, 1.165) is 6.92 Å². The van der Waals surface area contributed by atoms with E-state index in [9.17, 15) is 14.0 Å². The Bertz CT molecular complexity index is 442. The quantitative estimate of drug-likeness (QED) is 0.582. The lowest BCUT2D eigenvalue weighted by Crippen LogP contribution is -2.24. The molecule has 0 fully saturated rings. The number of carbonyl (C=O) groups excluding carboxylic acids is 2. The second kappa shape index (κ2) is 5.43. The van der Waals surface area contributed by atoms with Crippen LogP contribution in [0.25, 0.3) is 0 Å². The maximum absolute atomic E-state index is 13.4. The van der Waals surface area contributed by atoms with E-state index in [0.29, 0.717) is 5.75 Å². The Morgan fingerprint density at radius 2 is 1.88 bits per heavy atom. The van der Waals surface area contributed by atoms with Gasteiger partial charge in [-0.3, -0.25) is 9.59 Å². The van der Waals surface area contributed by atoms with Crippen LogP contribution in [-0.2, 0) is 4.79 Å². The SMILES string of the molecule is COc1ccc(OC)c(C(=O)C(F)C(C)=O)c1. The van der Waals surface area contributed by atoms with Crippen LogP contribution >= 0.6 is 0 Å². The van der Waals surface area contributed by atoms with Crippen molar-refractivity contribution in [1.82, 2.24) is 0 Å². The number of Topliss-reactive ketones (excluding diaryl/α,β-unsaturated/α-hetero) is 2. The Kier molecular flexibility index (Phi) is 4.20. The highest BCUT2D eigenvalue weighted by molar-refractivity contribution is 6.13. The number of rotatable bonds is 5. The molecule has 0 heterocycles. The van der Waals surface area contributed by atoms with Crippen molar-refractivity contribution < 1.29 is 23.5 Å². The summed E-state index contributed by atoms with van der Waals surface area (Å²) in [6.45, 7) is 1.02. The predicted molar refractivity (Wildman–Crippen MR) is 59.5 cm³/mol. The molecule has 0 radical (unpaired) electrons. The number of ether oxygens (including phenoxy) is 2. The summed E-state index contributed by atoms with van der Waals surface area (Å²) in [4.78, 5) is 22.5. The molecule has 0 spiro atoms. The second-order valence-electron chi connectivity index (χ2n) is 3.40. The van der Waals surface area contributed by atoms with E-state index in [1.54, 1.807) is 6.07 Å². The average molecular weight is 240 g/mol. The molecule has 0 amide bonds. The van der Waals surface area contributed by atoms with Gasteiger partial charge in [0.15, 0.2) is 5.78 Å². The van der Waals surface area contributed by atoms with Gasteiger partial charge in [-0.05, 0) is 25.1 Å². The zero-order chi connectivity index (χ0) is 13.0. The third kappa shape index (κ3) is 2.81. The van der Waals surface area contributed by atoms with Crippen LogP contribution in [0.3, 0.4) is 0 Å². The van der Waals surface area contributed by atoms with E-state index in [1.165, 1.54) is 26.4 Å². The monoisotopic (exact) mass is 240 g/mol. The number of hydrogen-bond donors (Lipinski definition) is 0. The molecule has 1 aromatic rings. The molecular weight excluding hydrogens is 227 g/mol. The van der Waals surface area contributed by atoms with Gasteiger partial charge >= 0.3 is 0 Å². The molecule has 0 N–H and O–H groups in total. The third-order valence-corrected chi connectivity index (χ3v) is 2.26. The van der Waals surface area contributed by atoms with Crippen LogP contribution in [0.1, 0.15) is 17.3 Å². The molecule has 0 aliphatic heterocycles. The van der Waals surface area contributed by atoms with Crippen molar-refractivity contribution in [3.63, 3.8) is 0 Å². The van der Waals surface area contributed by atoms with Crippen molar-refractivity contribution in [2.75, 3.05) is 14.2 Å². The smallest absolute Gasteiger partial charge is 0.220 e. The molecule has 0 aliphatic carbocycles. The van der Waals surface area contributed by atoms with Gasteiger partial charge in [-0.2, -0.15) is 0 Å². The first-order chi connectivity index (χ1) is 8.01. The number of methoxy groups -OCH3 is 2. The molecule has 0 bridgehead atoms. The van der Waals surface area contributed by atoms with E-state index in [1.807, 2.05) is 0 Å². The van der Waals surface area contributed by atoms with Crippen molar-refractivity contribution in [2.45, 2.75) is 13.1 Å². The van der Waals surface area contributed by atoms with Crippen LogP contribution in [0.15, 0.2) is 18.2 Å². The normalized spacial score (nSPS) is 11.8. The number of halogens is 1. The Morgan fingerprint density at radius 3 is 2.35 bits per heavy atom. The van der Waals surface area contributed by atoms with Crippen molar-refractivity contribution in [3.05, 3.63) is 23.8 Å². The highest BCUT2D eigenvalue weighted by atomic mass is 19.1. The molecule has 1 rings (SSSR count). The fourth-order valence-corrected chi connectivity index (χ4v) is 1.33. The first-order valence-electron chi connectivity index (χ1n) is 4.92. The molecule has 1 aromatic carbocycles. The molecule has 5 heteroatoms. The lowest BCUT2D eigenvalue weighted by atomic mass is 10.0. The summed E-state index contributed by atoms with van der Waals surface area (Å²) in [5.74, 6) is -1.15. The van der Waals surface area contributed by atoms with Gasteiger partial charge in [-0.25, -0.2) is 4.39 Å². The predicted octanol–water partition coefficient (Wildman–Crippen LogP) is 1.81. The van der Waals surface area contributed by atoms with E-state index >= 15 is 0 Å². The Balaban J connectivity index is 3.18. The van der Waals surface area contributed by atoms with Crippen molar-refractivity contribution in [1.29, 1.82) is 0 Å². The lowest BCUT2D eigenvalue weighted by molar-refractivity contribution is -0.120. The molecule has 1 unspecified atom stereocenters. The summed E-state index contributed by atoms with van der Waals surface area (Å²) in [7, 11) is 2.79. The molecule has 92 valence electrons.